The van der Waals surface area contributed by atoms with E-state index in [1.165, 1.54) is 16.8 Å². The molecule has 2 aromatic rings. The van der Waals surface area contributed by atoms with Gasteiger partial charge in [-0.05, 0) is 43.5 Å². The summed E-state index contributed by atoms with van der Waals surface area (Å²) in [5.41, 5.74) is 3.96. The Bertz CT molecular complexity index is 740. The molecule has 0 spiro atoms. The standard InChI is InChI=1S/C20H26N4O/c1-23-9-8-19-18(13-23)20(22-14-21-19)24-10-6-15(7-11-24)16-4-3-5-17(12-16)25-2/h3-5,12,14-15H,6-11,13H2,1-2H3. The summed E-state index contributed by atoms with van der Waals surface area (Å²) in [6.07, 6.45) is 5.08. The van der Waals surface area contributed by atoms with Gasteiger partial charge in [0.25, 0.3) is 0 Å². The molecule has 1 saturated heterocycles. The summed E-state index contributed by atoms with van der Waals surface area (Å²) in [6, 6.07) is 8.52. The van der Waals surface area contributed by atoms with E-state index in [2.05, 4.69) is 45.0 Å². The van der Waals surface area contributed by atoms with Crippen molar-refractivity contribution >= 4 is 5.82 Å². The number of hydrogen-bond donors (Lipinski definition) is 0. The maximum atomic E-state index is 5.38. The molecule has 3 heterocycles. The Morgan fingerprint density at radius 3 is 2.76 bits per heavy atom. The van der Waals surface area contributed by atoms with Gasteiger partial charge in [-0.2, -0.15) is 0 Å². The van der Waals surface area contributed by atoms with Crippen LogP contribution in [0, 0.1) is 0 Å². The topological polar surface area (TPSA) is 41.5 Å². The van der Waals surface area contributed by atoms with E-state index in [9.17, 15) is 0 Å². The van der Waals surface area contributed by atoms with Crippen LogP contribution in [0.3, 0.4) is 0 Å². The van der Waals surface area contributed by atoms with E-state index in [-0.39, 0.29) is 0 Å². The predicted molar refractivity (Wildman–Crippen MR) is 99.3 cm³/mol. The quantitative estimate of drug-likeness (QED) is 0.861. The van der Waals surface area contributed by atoms with Crippen LogP contribution in [0.5, 0.6) is 5.75 Å². The van der Waals surface area contributed by atoms with Crippen LogP contribution in [0.2, 0.25) is 0 Å². The summed E-state index contributed by atoms with van der Waals surface area (Å²) in [7, 11) is 3.91. The second kappa shape index (κ2) is 7.00. The van der Waals surface area contributed by atoms with Crippen molar-refractivity contribution in [2.45, 2.75) is 31.7 Å². The third kappa shape index (κ3) is 3.33. The van der Waals surface area contributed by atoms with Crippen molar-refractivity contribution < 1.29 is 4.74 Å². The molecule has 1 aromatic carbocycles. The molecule has 1 fully saturated rings. The minimum absolute atomic E-state index is 0.603. The lowest BCUT2D eigenvalue weighted by Gasteiger charge is -2.36. The highest BCUT2D eigenvalue weighted by atomic mass is 16.5. The zero-order valence-corrected chi connectivity index (χ0v) is 15.1. The fourth-order valence-corrected chi connectivity index (χ4v) is 4.05. The number of nitrogens with zero attached hydrogens (tertiary/aromatic N) is 4. The number of ether oxygens (including phenoxy) is 1. The van der Waals surface area contributed by atoms with E-state index in [0.29, 0.717) is 5.92 Å². The Morgan fingerprint density at radius 2 is 1.96 bits per heavy atom. The summed E-state index contributed by atoms with van der Waals surface area (Å²) in [6.45, 7) is 4.15. The Hall–Kier alpha value is -2.14. The molecule has 5 nitrogen and oxygen atoms in total. The third-order valence-corrected chi connectivity index (χ3v) is 5.53. The van der Waals surface area contributed by atoms with Crippen LogP contribution < -0.4 is 9.64 Å². The van der Waals surface area contributed by atoms with E-state index >= 15 is 0 Å². The molecule has 0 N–H and O–H groups in total. The molecule has 0 radical (unpaired) electrons. The second-order valence-corrected chi connectivity index (χ2v) is 7.15. The molecular weight excluding hydrogens is 312 g/mol. The van der Waals surface area contributed by atoms with E-state index in [1.807, 2.05) is 6.07 Å². The van der Waals surface area contributed by atoms with Gasteiger partial charge in [-0.15, -0.1) is 0 Å². The molecule has 2 aliphatic heterocycles. The van der Waals surface area contributed by atoms with Crippen molar-refractivity contribution in [3.63, 3.8) is 0 Å². The Balaban J connectivity index is 1.49. The molecule has 0 aliphatic carbocycles. The fourth-order valence-electron chi connectivity index (χ4n) is 4.05. The number of rotatable bonds is 3. The number of anilines is 1. The number of piperidine rings is 1. The number of aromatic nitrogens is 2. The first-order valence-electron chi connectivity index (χ1n) is 9.15. The van der Waals surface area contributed by atoms with Crippen LogP contribution in [-0.2, 0) is 13.0 Å². The summed E-state index contributed by atoms with van der Waals surface area (Å²) < 4.78 is 5.38. The average Bonchev–Trinajstić information content (AvgIpc) is 2.67. The molecule has 25 heavy (non-hydrogen) atoms. The molecule has 132 valence electrons. The van der Waals surface area contributed by atoms with Gasteiger partial charge in [0.2, 0.25) is 0 Å². The van der Waals surface area contributed by atoms with E-state index in [4.69, 9.17) is 4.74 Å². The van der Waals surface area contributed by atoms with Crippen LogP contribution in [-0.4, -0.2) is 48.7 Å². The largest absolute Gasteiger partial charge is 0.497 e. The first-order chi connectivity index (χ1) is 12.2. The van der Waals surface area contributed by atoms with Gasteiger partial charge in [-0.25, -0.2) is 9.97 Å². The van der Waals surface area contributed by atoms with Crippen molar-refractivity contribution in [2.75, 3.05) is 38.7 Å². The number of fused-ring (bicyclic) bond motifs is 1. The van der Waals surface area contributed by atoms with Crippen LogP contribution in [0.1, 0.15) is 35.6 Å². The predicted octanol–water partition coefficient (Wildman–Crippen LogP) is 2.86. The summed E-state index contributed by atoms with van der Waals surface area (Å²) in [5.74, 6) is 2.71. The number of benzene rings is 1. The molecule has 0 atom stereocenters. The lowest BCUT2D eigenvalue weighted by molar-refractivity contribution is 0.308. The normalized spacial score (nSPS) is 18.9. The maximum absolute atomic E-state index is 5.38. The maximum Gasteiger partial charge on any atom is 0.136 e. The summed E-state index contributed by atoms with van der Waals surface area (Å²) in [4.78, 5) is 14.0. The van der Waals surface area contributed by atoms with Gasteiger partial charge in [0.15, 0.2) is 0 Å². The third-order valence-electron chi connectivity index (χ3n) is 5.53. The Morgan fingerprint density at radius 1 is 1.12 bits per heavy atom. The Labute approximate surface area is 149 Å². The van der Waals surface area contributed by atoms with Crippen LogP contribution >= 0.6 is 0 Å². The fraction of sp³-hybridized carbons (Fsp3) is 0.500. The first-order valence-corrected chi connectivity index (χ1v) is 9.15. The summed E-state index contributed by atoms with van der Waals surface area (Å²) >= 11 is 0. The van der Waals surface area contributed by atoms with Gasteiger partial charge >= 0.3 is 0 Å². The monoisotopic (exact) mass is 338 g/mol. The minimum Gasteiger partial charge on any atom is -0.497 e. The SMILES string of the molecule is COc1cccc(C2CCN(c3ncnc4c3CN(C)CC4)CC2)c1. The Kier molecular flexibility index (Phi) is 4.57. The highest BCUT2D eigenvalue weighted by molar-refractivity contribution is 5.50. The van der Waals surface area contributed by atoms with Crippen molar-refractivity contribution in [3.8, 4) is 5.75 Å². The number of likely N-dealkylation sites (N-methyl/N-ethyl adjacent to an activating group) is 1. The summed E-state index contributed by atoms with van der Waals surface area (Å²) in [5, 5.41) is 0. The van der Waals surface area contributed by atoms with Crippen LogP contribution in [0.4, 0.5) is 5.82 Å². The van der Waals surface area contributed by atoms with Gasteiger partial charge in [-0.1, -0.05) is 12.1 Å². The van der Waals surface area contributed by atoms with Crippen molar-refractivity contribution in [1.29, 1.82) is 0 Å². The van der Waals surface area contributed by atoms with Crippen molar-refractivity contribution in [1.82, 2.24) is 14.9 Å². The van der Waals surface area contributed by atoms with E-state index in [1.54, 1.807) is 13.4 Å². The van der Waals surface area contributed by atoms with E-state index < -0.39 is 0 Å². The van der Waals surface area contributed by atoms with Gasteiger partial charge in [0.1, 0.15) is 17.9 Å². The first kappa shape index (κ1) is 16.3. The van der Waals surface area contributed by atoms with Gasteiger partial charge < -0.3 is 14.5 Å². The molecule has 1 aromatic heterocycles. The minimum atomic E-state index is 0.603. The van der Waals surface area contributed by atoms with Gasteiger partial charge in [-0.3, -0.25) is 0 Å². The van der Waals surface area contributed by atoms with Crippen LogP contribution in [0.15, 0.2) is 30.6 Å². The zero-order valence-electron chi connectivity index (χ0n) is 15.1. The van der Waals surface area contributed by atoms with E-state index in [0.717, 1.165) is 57.0 Å². The van der Waals surface area contributed by atoms with Crippen molar-refractivity contribution in [3.05, 3.63) is 47.4 Å². The number of methoxy groups -OCH3 is 1. The van der Waals surface area contributed by atoms with Gasteiger partial charge in [0, 0.05) is 38.2 Å². The molecule has 4 rings (SSSR count). The molecule has 0 bridgehead atoms. The van der Waals surface area contributed by atoms with Gasteiger partial charge in [0.05, 0.1) is 12.8 Å². The lowest BCUT2D eigenvalue weighted by Crippen LogP contribution is -2.36. The van der Waals surface area contributed by atoms with Crippen molar-refractivity contribution in [2.24, 2.45) is 0 Å². The smallest absolute Gasteiger partial charge is 0.136 e. The zero-order chi connectivity index (χ0) is 17.2. The molecule has 0 unspecified atom stereocenters. The average molecular weight is 338 g/mol. The molecule has 0 amide bonds. The molecule has 2 aliphatic rings. The molecular formula is C20H26N4O. The highest BCUT2D eigenvalue weighted by Crippen LogP contribution is 2.33. The lowest BCUT2D eigenvalue weighted by atomic mass is 9.89. The highest BCUT2D eigenvalue weighted by Gasteiger charge is 2.26. The molecule has 0 saturated carbocycles. The molecule has 5 heteroatoms. The van der Waals surface area contributed by atoms with Crippen LogP contribution in [0.25, 0.3) is 0 Å². The number of hydrogen-bond acceptors (Lipinski definition) is 5. The second-order valence-electron chi connectivity index (χ2n) is 7.15.